The first-order chi connectivity index (χ1) is 10.1. The molecule has 1 atom stereocenters. The molecule has 0 unspecified atom stereocenters. The normalized spacial score (nSPS) is 18.4. The molecule has 0 saturated carbocycles. The second-order valence-electron chi connectivity index (χ2n) is 5.74. The number of nitrogens with zero attached hydrogens (tertiary/aromatic N) is 1. The lowest BCUT2D eigenvalue weighted by Gasteiger charge is -2.32. The summed E-state index contributed by atoms with van der Waals surface area (Å²) in [5.74, 6) is -0.153. The van der Waals surface area contributed by atoms with Gasteiger partial charge in [-0.05, 0) is 38.8 Å². The molecule has 0 spiro atoms. The van der Waals surface area contributed by atoms with Gasteiger partial charge in [0.25, 0.3) is 0 Å². The van der Waals surface area contributed by atoms with Crippen LogP contribution >= 0.6 is 0 Å². The third-order valence-corrected chi connectivity index (χ3v) is 3.53. The van der Waals surface area contributed by atoms with Crippen molar-refractivity contribution in [3.05, 3.63) is 30.3 Å². The summed E-state index contributed by atoms with van der Waals surface area (Å²) in [6.07, 6.45) is 1.68. The highest BCUT2D eigenvalue weighted by molar-refractivity contribution is 5.93. The quantitative estimate of drug-likeness (QED) is 0.898. The van der Waals surface area contributed by atoms with Gasteiger partial charge >= 0.3 is 6.03 Å². The molecule has 21 heavy (non-hydrogen) atoms. The number of anilines is 1. The Hall–Kier alpha value is -2.04. The Morgan fingerprint density at radius 2 is 1.95 bits per heavy atom. The average Bonchev–Trinajstić information content (AvgIpc) is 2.47. The van der Waals surface area contributed by atoms with Gasteiger partial charge in [-0.1, -0.05) is 18.2 Å². The van der Waals surface area contributed by atoms with E-state index < -0.39 is 0 Å². The van der Waals surface area contributed by atoms with Crippen LogP contribution in [0.1, 0.15) is 26.7 Å². The fourth-order valence-electron chi connectivity index (χ4n) is 2.48. The van der Waals surface area contributed by atoms with E-state index in [0.717, 1.165) is 18.5 Å². The zero-order chi connectivity index (χ0) is 15.2. The van der Waals surface area contributed by atoms with E-state index >= 15 is 0 Å². The smallest absolute Gasteiger partial charge is 0.317 e. The predicted octanol–water partition coefficient (Wildman–Crippen LogP) is 2.46. The molecule has 1 saturated heterocycles. The number of benzene rings is 1. The first-order valence-electron chi connectivity index (χ1n) is 7.47. The molecule has 1 fully saturated rings. The van der Waals surface area contributed by atoms with Crippen molar-refractivity contribution in [3.8, 4) is 0 Å². The minimum atomic E-state index is -0.142. The maximum atomic E-state index is 12.3. The molecule has 0 aromatic heterocycles. The number of urea groups is 1. The van der Waals surface area contributed by atoms with Gasteiger partial charge in [-0.25, -0.2) is 4.79 Å². The molecule has 0 radical (unpaired) electrons. The summed E-state index contributed by atoms with van der Waals surface area (Å²) in [5, 5.41) is 5.79. The van der Waals surface area contributed by atoms with Crippen molar-refractivity contribution in [2.45, 2.75) is 32.7 Å². The van der Waals surface area contributed by atoms with Crippen molar-refractivity contribution in [2.75, 3.05) is 18.4 Å². The van der Waals surface area contributed by atoms with Gasteiger partial charge < -0.3 is 15.5 Å². The van der Waals surface area contributed by atoms with Crippen molar-refractivity contribution in [1.82, 2.24) is 10.2 Å². The first kappa shape index (κ1) is 15.4. The number of hydrogen-bond acceptors (Lipinski definition) is 2. The number of amides is 3. The zero-order valence-electron chi connectivity index (χ0n) is 12.6. The summed E-state index contributed by atoms with van der Waals surface area (Å²) in [5.41, 5.74) is 0.797. The van der Waals surface area contributed by atoms with Crippen molar-refractivity contribution in [3.63, 3.8) is 0 Å². The third kappa shape index (κ3) is 4.48. The van der Waals surface area contributed by atoms with E-state index in [1.165, 1.54) is 0 Å². The summed E-state index contributed by atoms with van der Waals surface area (Å²) in [4.78, 5) is 26.0. The Bertz CT molecular complexity index is 488. The molecule has 114 valence electrons. The monoisotopic (exact) mass is 289 g/mol. The second kappa shape index (κ2) is 7.11. The number of carbonyl (C=O) groups is 2. The number of nitrogens with one attached hydrogen (secondary N) is 2. The number of hydrogen-bond donors (Lipinski definition) is 2. The largest absolute Gasteiger partial charge is 0.336 e. The number of carbonyl (C=O) groups excluding carboxylic acids is 2. The zero-order valence-corrected chi connectivity index (χ0v) is 12.6. The standard InChI is InChI=1S/C16H23N3O2/c1-12(2)17-16(21)19-10-6-7-13(11-19)15(20)18-14-8-4-3-5-9-14/h3-5,8-9,12-13H,6-7,10-11H2,1-2H3,(H,17,21)(H,18,20)/t13-/m1/s1. The molecule has 1 aromatic carbocycles. The molecular weight excluding hydrogens is 266 g/mol. The van der Waals surface area contributed by atoms with E-state index in [2.05, 4.69) is 10.6 Å². The minimum Gasteiger partial charge on any atom is -0.336 e. The van der Waals surface area contributed by atoms with Crippen LogP contribution in [0.2, 0.25) is 0 Å². The van der Waals surface area contributed by atoms with Crippen molar-refractivity contribution in [2.24, 2.45) is 5.92 Å². The molecule has 5 nitrogen and oxygen atoms in total. The van der Waals surface area contributed by atoms with Crippen LogP contribution in [0.4, 0.5) is 10.5 Å². The molecular formula is C16H23N3O2. The molecule has 0 aliphatic carbocycles. The van der Waals surface area contributed by atoms with Crippen molar-refractivity contribution >= 4 is 17.6 Å². The maximum Gasteiger partial charge on any atom is 0.317 e. The molecule has 2 rings (SSSR count). The number of rotatable bonds is 3. The van der Waals surface area contributed by atoms with Gasteiger partial charge in [0.1, 0.15) is 0 Å². The van der Waals surface area contributed by atoms with E-state index in [4.69, 9.17) is 0 Å². The van der Waals surface area contributed by atoms with Crippen LogP contribution in [-0.2, 0) is 4.79 Å². The number of likely N-dealkylation sites (tertiary alicyclic amines) is 1. The molecule has 5 heteroatoms. The topological polar surface area (TPSA) is 61.4 Å². The van der Waals surface area contributed by atoms with Crippen molar-refractivity contribution in [1.29, 1.82) is 0 Å². The number of piperidine rings is 1. The SMILES string of the molecule is CC(C)NC(=O)N1CCC[C@@H](C(=O)Nc2ccccc2)C1. The summed E-state index contributed by atoms with van der Waals surface area (Å²) >= 11 is 0. The van der Waals surface area contributed by atoms with Crippen LogP contribution in [0.15, 0.2) is 30.3 Å². The van der Waals surface area contributed by atoms with E-state index in [1.54, 1.807) is 4.90 Å². The Morgan fingerprint density at radius 3 is 2.62 bits per heavy atom. The summed E-state index contributed by atoms with van der Waals surface area (Å²) in [6.45, 7) is 5.06. The van der Waals surface area contributed by atoms with Gasteiger partial charge in [0.15, 0.2) is 0 Å². The highest BCUT2D eigenvalue weighted by Crippen LogP contribution is 2.19. The second-order valence-corrected chi connectivity index (χ2v) is 5.74. The Balaban J connectivity index is 1.91. The van der Waals surface area contributed by atoms with Crippen LogP contribution < -0.4 is 10.6 Å². The highest BCUT2D eigenvalue weighted by atomic mass is 16.2. The summed E-state index contributed by atoms with van der Waals surface area (Å²) in [6, 6.07) is 9.44. The first-order valence-corrected chi connectivity index (χ1v) is 7.47. The molecule has 2 N–H and O–H groups in total. The fraction of sp³-hybridized carbons (Fsp3) is 0.500. The van der Waals surface area contributed by atoms with E-state index in [1.807, 2.05) is 44.2 Å². The Kier molecular flexibility index (Phi) is 5.20. The van der Waals surface area contributed by atoms with Crippen molar-refractivity contribution < 1.29 is 9.59 Å². The molecule has 1 heterocycles. The van der Waals surface area contributed by atoms with Gasteiger partial charge in [-0.15, -0.1) is 0 Å². The molecule has 3 amide bonds. The van der Waals surface area contributed by atoms with Gasteiger partial charge in [-0.3, -0.25) is 4.79 Å². The minimum absolute atomic E-state index is 0.0109. The predicted molar refractivity (Wildman–Crippen MR) is 83.0 cm³/mol. The van der Waals surface area contributed by atoms with E-state index in [0.29, 0.717) is 13.1 Å². The molecule has 0 bridgehead atoms. The van der Waals surface area contributed by atoms with Crippen LogP contribution in [0.3, 0.4) is 0 Å². The lowest BCUT2D eigenvalue weighted by atomic mass is 9.97. The van der Waals surface area contributed by atoms with E-state index in [-0.39, 0.29) is 23.9 Å². The van der Waals surface area contributed by atoms with Gasteiger partial charge in [0.05, 0.1) is 5.92 Å². The lowest BCUT2D eigenvalue weighted by molar-refractivity contribution is -0.121. The van der Waals surface area contributed by atoms with E-state index in [9.17, 15) is 9.59 Å². The van der Waals surface area contributed by atoms with Crippen LogP contribution in [0.25, 0.3) is 0 Å². The maximum absolute atomic E-state index is 12.3. The fourth-order valence-corrected chi connectivity index (χ4v) is 2.48. The average molecular weight is 289 g/mol. The third-order valence-electron chi connectivity index (χ3n) is 3.53. The molecule has 1 aliphatic rings. The van der Waals surface area contributed by atoms with Gasteiger partial charge in [0, 0.05) is 24.8 Å². The van der Waals surface area contributed by atoms with Gasteiger partial charge in [0.2, 0.25) is 5.91 Å². The molecule has 1 aliphatic heterocycles. The Labute approximate surface area is 125 Å². The van der Waals surface area contributed by atoms with Crippen LogP contribution in [-0.4, -0.2) is 36.0 Å². The number of para-hydroxylation sites is 1. The van der Waals surface area contributed by atoms with Crippen LogP contribution in [0, 0.1) is 5.92 Å². The summed E-state index contributed by atoms with van der Waals surface area (Å²) in [7, 11) is 0. The highest BCUT2D eigenvalue weighted by Gasteiger charge is 2.28. The van der Waals surface area contributed by atoms with Gasteiger partial charge in [-0.2, -0.15) is 0 Å². The molecule has 1 aromatic rings. The summed E-state index contributed by atoms with van der Waals surface area (Å²) < 4.78 is 0. The Morgan fingerprint density at radius 1 is 1.24 bits per heavy atom. The van der Waals surface area contributed by atoms with Crippen LogP contribution in [0.5, 0.6) is 0 Å². The lowest BCUT2D eigenvalue weighted by Crippen LogP contribution is -2.49.